The molecule has 0 unspecified atom stereocenters. The van der Waals surface area contributed by atoms with Gasteiger partial charge >= 0.3 is 6.03 Å². The van der Waals surface area contributed by atoms with Crippen LogP contribution in [0.5, 0.6) is 0 Å². The minimum atomic E-state index is -0.907. The molecule has 2 saturated heterocycles. The summed E-state index contributed by atoms with van der Waals surface area (Å²) in [5.41, 5.74) is -0.474. The third-order valence-corrected chi connectivity index (χ3v) is 5.06. The van der Waals surface area contributed by atoms with Crippen molar-refractivity contribution in [1.29, 1.82) is 0 Å². The minimum Gasteiger partial charge on any atom is -0.356 e. The first kappa shape index (κ1) is 20.1. The predicted molar refractivity (Wildman–Crippen MR) is 100 cm³/mol. The van der Waals surface area contributed by atoms with Crippen LogP contribution in [0.3, 0.4) is 0 Å². The van der Waals surface area contributed by atoms with Gasteiger partial charge in [-0.2, -0.15) is 0 Å². The van der Waals surface area contributed by atoms with Crippen LogP contribution in [0.2, 0.25) is 0 Å². The minimum absolute atomic E-state index is 0.111. The standard InChI is InChI=1S/C19H25FN4O4/c1-13(25)24-10-16(17(26)21-15-6-4-5-14(20)9-15)28-19(12-24)7-8-23(11-19)18(27)22(2)3/h4-6,9,16H,7-8,10-12H2,1-3H3,(H,21,26)/t16-,19+/m0/s1. The topological polar surface area (TPSA) is 82.2 Å². The zero-order valence-electron chi connectivity index (χ0n) is 16.3. The molecule has 8 nitrogen and oxygen atoms in total. The number of halogens is 1. The fraction of sp³-hybridized carbons (Fsp3) is 0.526. The zero-order valence-corrected chi connectivity index (χ0v) is 16.3. The zero-order chi connectivity index (χ0) is 20.5. The SMILES string of the molecule is CC(=O)N1C[C@@H](C(=O)Nc2cccc(F)c2)O[C@@]2(CCN(C(=O)N(C)C)C2)C1. The van der Waals surface area contributed by atoms with E-state index in [9.17, 15) is 18.8 Å². The molecule has 2 fully saturated rings. The normalized spacial score (nSPS) is 24.4. The number of carbonyl (C=O) groups is 3. The highest BCUT2D eigenvalue weighted by Gasteiger charge is 2.49. The van der Waals surface area contributed by atoms with Gasteiger partial charge in [0.05, 0.1) is 19.6 Å². The molecule has 2 aliphatic rings. The molecule has 1 aromatic carbocycles. The van der Waals surface area contributed by atoms with Gasteiger partial charge in [-0.1, -0.05) is 6.07 Å². The fourth-order valence-electron chi connectivity index (χ4n) is 3.67. The maximum atomic E-state index is 13.4. The van der Waals surface area contributed by atoms with Crippen LogP contribution in [0.15, 0.2) is 24.3 Å². The molecule has 9 heteroatoms. The second kappa shape index (κ2) is 7.75. The van der Waals surface area contributed by atoms with Gasteiger partial charge in [-0.05, 0) is 24.6 Å². The monoisotopic (exact) mass is 392 g/mol. The van der Waals surface area contributed by atoms with E-state index in [1.807, 2.05) is 0 Å². The molecule has 1 N–H and O–H groups in total. The Hall–Kier alpha value is -2.68. The van der Waals surface area contributed by atoms with Crippen molar-refractivity contribution in [3.05, 3.63) is 30.1 Å². The summed E-state index contributed by atoms with van der Waals surface area (Å²) in [6.45, 7) is 2.67. The fourth-order valence-corrected chi connectivity index (χ4v) is 3.67. The number of morpholine rings is 1. The third-order valence-electron chi connectivity index (χ3n) is 5.06. The second-order valence-electron chi connectivity index (χ2n) is 7.54. The van der Waals surface area contributed by atoms with E-state index >= 15 is 0 Å². The Labute approximate surface area is 163 Å². The molecule has 4 amide bonds. The maximum Gasteiger partial charge on any atom is 0.319 e. The molecule has 152 valence electrons. The quantitative estimate of drug-likeness (QED) is 0.818. The maximum absolute atomic E-state index is 13.4. The van der Waals surface area contributed by atoms with Crippen LogP contribution in [0.25, 0.3) is 0 Å². The number of nitrogens with zero attached hydrogens (tertiary/aromatic N) is 3. The van der Waals surface area contributed by atoms with Gasteiger partial charge in [-0.15, -0.1) is 0 Å². The average molecular weight is 392 g/mol. The summed E-state index contributed by atoms with van der Waals surface area (Å²) in [5, 5.41) is 2.64. The van der Waals surface area contributed by atoms with Gasteiger partial charge in [0, 0.05) is 33.3 Å². The average Bonchev–Trinajstić information content (AvgIpc) is 3.03. The van der Waals surface area contributed by atoms with E-state index in [1.54, 1.807) is 30.0 Å². The van der Waals surface area contributed by atoms with E-state index in [-0.39, 0.29) is 18.5 Å². The van der Waals surface area contributed by atoms with Gasteiger partial charge in [-0.25, -0.2) is 9.18 Å². The number of amides is 4. The summed E-state index contributed by atoms with van der Waals surface area (Å²) in [7, 11) is 3.35. The van der Waals surface area contributed by atoms with Crippen LogP contribution in [-0.2, 0) is 14.3 Å². The van der Waals surface area contributed by atoms with Gasteiger partial charge in [0.15, 0.2) is 6.10 Å². The van der Waals surface area contributed by atoms with Crippen molar-refractivity contribution in [2.75, 3.05) is 45.6 Å². The number of likely N-dealkylation sites (tertiary alicyclic amines) is 1. The van der Waals surface area contributed by atoms with Crippen molar-refractivity contribution >= 4 is 23.5 Å². The summed E-state index contributed by atoms with van der Waals surface area (Å²) in [5.74, 6) is -1.07. The van der Waals surface area contributed by atoms with E-state index in [4.69, 9.17) is 4.74 Å². The first-order valence-corrected chi connectivity index (χ1v) is 9.15. The summed E-state index contributed by atoms with van der Waals surface area (Å²) < 4.78 is 19.5. The Morgan fingerprint density at radius 2 is 1.96 bits per heavy atom. The van der Waals surface area contributed by atoms with E-state index in [1.165, 1.54) is 30.0 Å². The highest BCUT2D eigenvalue weighted by atomic mass is 19.1. The molecule has 2 heterocycles. The van der Waals surface area contributed by atoms with Gasteiger partial charge in [0.2, 0.25) is 5.91 Å². The molecular weight excluding hydrogens is 367 g/mol. The predicted octanol–water partition coefficient (Wildman–Crippen LogP) is 1.14. The summed E-state index contributed by atoms with van der Waals surface area (Å²) in [6, 6.07) is 5.44. The Kier molecular flexibility index (Phi) is 5.55. The Morgan fingerprint density at radius 3 is 2.61 bits per heavy atom. The number of ether oxygens (including phenoxy) is 1. The number of carbonyl (C=O) groups excluding carboxylic acids is 3. The molecule has 28 heavy (non-hydrogen) atoms. The van der Waals surface area contributed by atoms with Crippen molar-refractivity contribution in [3.8, 4) is 0 Å². The number of hydrogen-bond donors (Lipinski definition) is 1. The number of hydrogen-bond acceptors (Lipinski definition) is 4. The molecule has 0 aliphatic carbocycles. The Balaban J connectivity index is 1.76. The number of anilines is 1. The van der Waals surface area contributed by atoms with Crippen LogP contribution in [0.1, 0.15) is 13.3 Å². The third kappa shape index (κ3) is 4.24. The van der Waals surface area contributed by atoms with Crippen LogP contribution in [0, 0.1) is 5.82 Å². The number of rotatable bonds is 2. The largest absolute Gasteiger partial charge is 0.356 e. The summed E-state index contributed by atoms with van der Waals surface area (Å²) >= 11 is 0. The van der Waals surface area contributed by atoms with Gasteiger partial charge in [0.25, 0.3) is 5.91 Å². The van der Waals surface area contributed by atoms with Crippen LogP contribution in [0.4, 0.5) is 14.9 Å². The lowest BCUT2D eigenvalue weighted by molar-refractivity contribution is -0.171. The molecule has 0 aromatic heterocycles. The molecule has 2 aliphatic heterocycles. The highest BCUT2D eigenvalue weighted by Crippen LogP contribution is 2.32. The summed E-state index contributed by atoms with van der Waals surface area (Å²) in [6.07, 6.45) is -0.379. The lowest BCUT2D eigenvalue weighted by atomic mass is 9.98. The smallest absolute Gasteiger partial charge is 0.319 e. The molecule has 0 radical (unpaired) electrons. The van der Waals surface area contributed by atoms with Crippen molar-refractivity contribution in [2.24, 2.45) is 0 Å². The lowest BCUT2D eigenvalue weighted by Crippen LogP contribution is -2.60. The first-order valence-electron chi connectivity index (χ1n) is 9.15. The van der Waals surface area contributed by atoms with E-state index in [2.05, 4.69) is 5.32 Å². The van der Waals surface area contributed by atoms with E-state index in [0.29, 0.717) is 31.7 Å². The number of urea groups is 1. The van der Waals surface area contributed by atoms with Crippen molar-refractivity contribution in [1.82, 2.24) is 14.7 Å². The molecule has 0 bridgehead atoms. The van der Waals surface area contributed by atoms with Crippen molar-refractivity contribution < 1.29 is 23.5 Å². The molecule has 1 spiro atoms. The Bertz CT molecular complexity index is 787. The van der Waals surface area contributed by atoms with Crippen molar-refractivity contribution in [3.63, 3.8) is 0 Å². The van der Waals surface area contributed by atoms with Crippen LogP contribution < -0.4 is 5.32 Å². The van der Waals surface area contributed by atoms with Crippen LogP contribution >= 0.6 is 0 Å². The number of benzene rings is 1. The lowest BCUT2D eigenvalue weighted by Gasteiger charge is -2.43. The molecular formula is C19H25FN4O4. The van der Waals surface area contributed by atoms with Gasteiger partial charge < -0.3 is 24.8 Å². The molecule has 1 aromatic rings. The van der Waals surface area contributed by atoms with Gasteiger partial charge in [0.1, 0.15) is 11.4 Å². The Morgan fingerprint density at radius 1 is 1.25 bits per heavy atom. The highest BCUT2D eigenvalue weighted by molar-refractivity contribution is 5.94. The molecule has 2 atom stereocenters. The number of nitrogens with one attached hydrogen (secondary N) is 1. The van der Waals surface area contributed by atoms with Crippen LogP contribution in [-0.4, -0.2) is 84.5 Å². The van der Waals surface area contributed by atoms with Crippen molar-refractivity contribution in [2.45, 2.75) is 25.0 Å². The summed E-state index contributed by atoms with van der Waals surface area (Å²) in [4.78, 5) is 41.8. The van der Waals surface area contributed by atoms with E-state index < -0.39 is 23.4 Å². The van der Waals surface area contributed by atoms with Gasteiger partial charge in [-0.3, -0.25) is 9.59 Å². The van der Waals surface area contributed by atoms with E-state index in [0.717, 1.165) is 0 Å². The second-order valence-corrected chi connectivity index (χ2v) is 7.54. The first-order chi connectivity index (χ1) is 13.2. The molecule has 0 saturated carbocycles. The molecule has 3 rings (SSSR count).